The molecule has 0 rings (SSSR count). The Bertz CT molecular complexity index is 157. The smallest absolute Gasteiger partial charge is 0.237 e. The van der Waals surface area contributed by atoms with Crippen LogP contribution < -0.4 is 5.32 Å². The van der Waals surface area contributed by atoms with Gasteiger partial charge in [0.1, 0.15) is 0 Å². The van der Waals surface area contributed by atoms with Crippen molar-refractivity contribution in [2.45, 2.75) is 27.2 Å². The maximum Gasteiger partial charge on any atom is 0.237 e. The maximum absolute atomic E-state index is 11.6. The van der Waals surface area contributed by atoms with Crippen molar-refractivity contribution in [2.75, 3.05) is 33.2 Å². The van der Waals surface area contributed by atoms with Crippen LogP contribution in [0.4, 0.5) is 0 Å². The fourth-order valence-corrected chi connectivity index (χ4v) is 1.34. The Kier molecular flexibility index (Phi) is 7.42. The monoisotopic (exact) mass is 201 g/mol. The minimum Gasteiger partial charge on any atom is -0.316 e. The molecule has 0 heterocycles. The van der Waals surface area contributed by atoms with E-state index >= 15 is 0 Å². The highest BCUT2D eigenvalue weighted by molar-refractivity contribution is 5.75. The lowest BCUT2D eigenvalue weighted by Gasteiger charge is -2.29. The molecule has 0 saturated heterocycles. The molecule has 0 radical (unpaired) electrons. The van der Waals surface area contributed by atoms with Gasteiger partial charge in [0.25, 0.3) is 0 Å². The van der Waals surface area contributed by atoms with Crippen LogP contribution in [0.15, 0.2) is 0 Å². The molecule has 84 valence electrons. The van der Waals surface area contributed by atoms with Crippen LogP contribution in [0.3, 0.4) is 0 Å². The van der Waals surface area contributed by atoms with E-state index in [9.17, 15) is 4.79 Å². The van der Waals surface area contributed by atoms with Crippen LogP contribution in [0.25, 0.3) is 0 Å². The molecule has 0 aromatic carbocycles. The Hall–Kier alpha value is -0.610. The summed E-state index contributed by atoms with van der Waals surface area (Å²) in [6.07, 6.45) is 0.570. The number of nitrogens with one attached hydrogen (secondary N) is 1. The van der Waals surface area contributed by atoms with Crippen LogP contribution in [-0.4, -0.2) is 49.2 Å². The number of hydrazine groups is 1. The Morgan fingerprint density at radius 1 is 1.21 bits per heavy atom. The minimum absolute atomic E-state index is 0.176. The van der Waals surface area contributed by atoms with Gasteiger partial charge in [-0.1, -0.05) is 20.8 Å². The first kappa shape index (κ1) is 13.4. The van der Waals surface area contributed by atoms with Crippen LogP contribution in [0.2, 0.25) is 0 Å². The molecule has 0 fully saturated rings. The van der Waals surface area contributed by atoms with Crippen molar-refractivity contribution in [2.24, 2.45) is 0 Å². The molecule has 4 nitrogen and oxygen atoms in total. The van der Waals surface area contributed by atoms with E-state index in [0.29, 0.717) is 6.42 Å². The number of nitrogens with zero attached hydrogens (tertiary/aromatic N) is 2. The number of hydrogen-bond donors (Lipinski definition) is 1. The average molecular weight is 201 g/mol. The van der Waals surface area contributed by atoms with E-state index in [4.69, 9.17) is 0 Å². The predicted octanol–water partition coefficient (Wildman–Crippen LogP) is 0.701. The van der Waals surface area contributed by atoms with Gasteiger partial charge in [-0.05, 0) is 6.54 Å². The lowest BCUT2D eigenvalue weighted by Crippen LogP contribution is -2.44. The van der Waals surface area contributed by atoms with E-state index in [1.165, 1.54) is 0 Å². The first-order valence-corrected chi connectivity index (χ1v) is 5.39. The molecule has 0 bridgehead atoms. The second kappa shape index (κ2) is 7.76. The summed E-state index contributed by atoms with van der Waals surface area (Å²) in [6.45, 7) is 9.58. The maximum atomic E-state index is 11.6. The van der Waals surface area contributed by atoms with Crippen molar-refractivity contribution in [3.05, 3.63) is 0 Å². The largest absolute Gasteiger partial charge is 0.316 e. The van der Waals surface area contributed by atoms with E-state index in [1.54, 1.807) is 5.01 Å². The molecule has 1 N–H and O–H groups in total. The van der Waals surface area contributed by atoms with Gasteiger partial charge in [0.05, 0.1) is 0 Å². The summed E-state index contributed by atoms with van der Waals surface area (Å²) in [7, 11) is 1.83. The molecular weight excluding hydrogens is 178 g/mol. The Labute approximate surface area is 87.2 Å². The van der Waals surface area contributed by atoms with Crippen molar-refractivity contribution in [1.29, 1.82) is 0 Å². The summed E-state index contributed by atoms with van der Waals surface area (Å²) >= 11 is 0. The summed E-state index contributed by atoms with van der Waals surface area (Å²) in [5, 5.41) is 6.88. The molecule has 0 atom stereocenters. The van der Waals surface area contributed by atoms with Crippen LogP contribution >= 0.6 is 0 Å². The molecule has 0 spiro atoms. The van der Waals surface area contributed by atoms with Crippen LogP contribution in [0.5, 0.6) is 0 Å². The number of carbonyl (C=O) groups is 1. The molecule has 0 aromatic heterocycles. The topological polar surface area (TPSA) is 35.6 Å². The first-order chi connectivity index (χ1) is 6.67. The molecular formula is C10H23N3O. The molecule has 0 saturated carbocycles. The molecule has 0 aliphatic heterocycles. The van der Waals surface area contributed by atoms with E-state index in [1.807, 2.05) is 19.0 Å². The third kappa shape index (κ3) is 4.58. The fraction of sp³-hybridized carbons (Fsp3) is 0.900. The fourth-order valence-electron chi connectivity index (χ4n) is 1.34. The third-order valence-corrected chi connectivity index (χ3v) is 2.28. The zero-order valence-electron chi connectivity index (χ0n) is 9.84. The zero-order valence-corrected chi connectivity index (χ0v) is 9.84. The molecule has 0 aliphatic carbocycles. The van der Waals surface area contributed by atoms with E-state index in [-0.39, 0.29) is 5.91 Å². The number of rotatable bonds is 7. The highest BCUT2D eigenvalue weighted by atomic mass is 16.2. The number of hydrogen-bond acceptors (Lipinski definition) is 3. The van der Waals surface area contributed by atoms with Crippen LogP contribution in [0.1, 0.15) is 27.2 Å². The van der Waals surface area contributed by atoms with Crippen LogP contribution in [0, 0.1) is 0 Å². The van der Waals surface area contributed by atoms with Gasteiger partial charge in [0, 0.05) is 33.1 Å². The van der Waals surface area contributed by atoms with Gasteiger partial charge in [-0.25, -0.2) is 5.01 Å². The van der Waals surface area contributed by atoms with E-state index in [0.717, 1.165) is 26.2 Å². The van der Waals surface area contributed by atoms with Gasteiger partial charge in [-0.3, -0.25) is 9.80 Å². The van der Waals surface area contributed by atoms with Crippen molar-refractivity contribution in [1.82, 2.24) is 15.3 Å². The summed E-state index contributed by atoms with van der Waals surface area (Å²) in [5.74, 6) is 0.176. The van der Waals surface area contributed by atoms with Gasteiger partial charge >= 0.3 is 0 Å². The summed E-state index contributed by atoms with van der Waals surface area (Å²) in [5.41, 5.74) is 0. The van der Waals surface area contributed by atoms with Crippen molar-refractivity contribution in [3.8, 4) is 0 Å². The second-order valence-electron chi connectivity index (χ2n) is 3.16. The van der Waals surface area contributed by atoms with Gasteiger partial charge in [0.2, 0.25) is 5.91 Å². The normalized spacial score (nSPS) is 10.6. The van der Waals surface area contributed by atoms with Gasteiger partial charge in [-0.2, -0.15) is 0 Å². The Morgan fingerprint density at radius 3 is 2.21 bits per heavy atom. The summed E-state index contributed by atoms with van der Waals surface area (Å²) in [4.78, 5) is 11.6. The van der Waals surface area contributed by atoms with Gasteiger partial charge < -0.3 is 5.32 Å². The molecule has 4 heteroatoms. The van der Waals surface area contributed by atoms with E-state index < -0.39 is 0 Å². The minimum atomic E-state index is 0.176. The Balaban J connectivity index is 3.84. The van der Waals surface area contributed by atoms with E-state index in [2.05, 4.69) is 19.2 Å². The predicted molar refractivity (Wildman–Crippen MR) is 58.9 cm³/mol. The quantitative estimate of drug-likeness (QED) is 0.486. The molecule has 1 amide bonds. The van der Waals surface area contributed by atoms with Gasteiger partial charge in [-0.15, -0.1) is 0 Å². The van der Waals surface area contributed by atoms with Crippen molar-refractivity contribution >= 4 is 5.91 Å². The summed E-state index contributed by atoms with van der Waals surface area (Å²) in [6, 6.07) is 0. The zero-order chi connectivity index (χ0) is 11.0. The second-order valence-corrected chi connectivity index (χ2v) is 3.16. The highest BCUT2D eigenvalue weighted by Gasteiger charge is 2.12. The standard InChI is InChI=1S/C10H23N3O/c1-5-11-9-8-10(14)12(4)13(6-2)7-3/h11H,5-9H2,1-4H3. The molecule has 0 aliphatic rings. The lowest BCUT2D eigenvalue weighted by atomic mass is 10.4. The van der Waals surface area contributed by atoms with Crippen LogP contribution in [-0.2, 0) is 4.79 Å². The average Bonchev–Trinajstić information content (AvgIpc) is 2.19. The molecule has 0 aromatic rings. The van der Waals surface area contributed by atoms with Gasteiger partial charge in [0.15, 0.2) is 0 Å². The lowest BCUT2D eigenvalue weighted by molar-refractivity contribution is -0.145. The summed E-state index contributed by atoms with van der Waals surface area (Å²) < 4.78 is 0. The number of amides is 1. The molecule has 0 unspecified atom stereocenters. The highest BCUT2D eigenvalue weighted by Crippen LogP contribution is 1.97. The molecule has 14 heavy (non-hydrogen) atoms. The first-order valence-electron chi connectivity index (χ1n) is 5.39. The Morgan fingerprint density at radius 2 is 1.79 bits per heavy atom. The third-order valence-electron chi connectivity index (χ3n) is 2.28. The SMILES string of the molecule is CCNCCC(=O)N(C)N(CC)CC. The van der Waals surface area contributed by atoms with Crippen molar-refractivity contribution in [3.63, 3.8) is 0 Å². The van der Waals surface area contributed by atoms with Crippen molar-refractivity contribution < 1.29 is 4.79 Å². The number of carbonyl (C=O) groups excluding carboxylic acids is 1.